The van der Waals surface area contributed by atoms with Gasteiger partial charge >= 0.3 is 5.97 Å². The quantitative estimate of drug-likeness (QED) is 0.783. The summed E-state index contributed by atoms with van der Waals surface area (Å²) in [6, 6.07) is 0. The average Bonchev–Trinajstić information content (AvgIpc) is 2.45. The first kappa shape index (κ1) is 15.8. The standard InChI is InChI=1S/C15H24N2O4/c18-13-7-6-12(10-16-13)15(20)21-11-14(19)17-8-4-2-1-3-5-9-17/h12H,1-11H2,(H,16,18)/t12-/m0/s1. The Hall–Kier alpha value is -1.59. The highest BCUT2D eigenvalue weighted by Gasteiger charge is 2.26. The lowest BCUT2D eigenvalue weighted by Gasteiger charge is -2.25. The predicted octanol–water partition coefficient (Wildman–Crippen LogP) is 0.848. The van der Waals surface area contributed by atoms with Gasteiger partial charge in [-0.3, -0.25) is 14.4 Å². The zero-order valence-corrected chi connectivity index (χ0v) is 12.4. The van der Waals surface area contributed by atoms with Gasteiger partial charge in [-0.1, -0.05) is 19.3 Å². The summed E-state index contributed by atoms with van der Waals surface area (Å²) in [5, 5.41) is 2.64. The van der Waals surface area contributed by atoms with Crippen molar-refractivity contribution in [2.45, 2.75) is 44.9 Å². The summed E-state index contributed by atoms with van der Waals surface area (Å²) in [5.41, 5.74) is 0. The monoisotopic (exact) mass is 296 g/mol. The molecule has 0 aromatic heterocycles. The van der Waals surface area contributed by atoms with Crippen molar-refractivity contribution in [2.24, 2.45) is 5.92 Å². The fourth-order valence-electron chi connectivity index (χ4n) is 2.77. The number of nitrogens with one attached hydrogen (secondary N) is 1. The van der Waals surface area contributed by atoms with Crippen LogP contribution in [0.2, 0.25) is 0 Å². The van der Waals surface area contributed by atoms with Gasteiger partial charge in [-0.05, 0) is 19.3 Å². The Morgan fingerprint density at radius 1 is 1.14 bits per heavy atom. The zero-order valence-electron chi connectivity index (χ0n) is 12.4. The lowest BCUT2D eigenvalue weighted by atomic mass is 10.00. The van der Waals surface area contributed by atoms with Crippen molar-refractivity contribution < 1.29 is 19.1 Å². The normalized spacial score (nSPS) is 23.7. The van der Waals surface area contributed by atoms with Gasteiger partial charge in [0.15, 0.2) is 6.61 Å². The number of hydrogen-bond acceptors (Lipinski definition) is 4. The van der Waals surface area contributed by atoms with E-state index in [1.807, 2.05) is 0 Å². The van der Waals surface area contributed by atoms with Crippen LogP contribution >= 0.6 is 0 Å². The molecular formula is C15H24N2O4. The van der Waals surface area contributed by atoms with Crippen LogP contribution in [0.1, 0.15) is 44.9 Å². The topological polar surface area (TPSA) is 75.7 Å². The highest BCUT2D eigenvalue weighted by Crippen LogP contribution is 2.13. The van der Waals surface area contributed by atoms with Gasteiger partial charge in [-0.15, -0.1) is 0 Å². The Morgan fingerprint density at radius 2 is 1.81 bits per heavy atom. The molecule has 1 N–H and O–H groups in total. The third-order valence-corrected chi connectivity index (χ3v) is 4.15. The number of carbonyl (C=O) groups excluding carboxylic acids is 3. The molecule has 0 aromatic rings. The van der Waals surface area contributed by atoms with E-state index in [4.69, 9.17) is 4.74 Å². The molecule has 0 unspecified atom stereocenters. The molecule has 2 aliphatic rings. The number of ether oxygens (including phenoxy) is 1. The maximum atomic E-state index is 12.1. The second kappa shape index (κ2) is 8.00. The van der Waals surface area contributed by atoms with Gasteiger partial charge in [-0.25, -0.2) is 0 Å². The molecule has 0 aliphatic carbocycles. The van der Waals surface area contributed by atoms with Gasteiger partial charge in [0.1, 0.15) is 0 Å². The van der Waals surface area contributed by atoms with Crippen LogP contribution in [0.4, 0.5) is 0 Å². The molecule has 2 heterocycles. The summed E-state index contributed by atoms with van der Waals surface area (Å²) in [7, 11) is 0. The number of likely N-dealkylation sites (tertiary alicyclic amines) is 1. The summed E-state index contributed by atoms with van der Waals surface area (Å²) in [6.45, 7) is 1.66. The highest BCUT2D eigenvalue weighted by atomic mass is 16.5. The van der Waals surface area contributed by atoms with Crippen LogP contribution in [-0.4, -0.2) is 48.9 Å². The van der Waals surface area contributed by atoms with E-state index in [1.54, 1.807) is 4.90 Å². The van der Waals surface area contributed by atoms with Crippen LogP contribution in [0.15, 0.2) is 0 Å². The first-order chi connectivity index (χ1) is 10.2. The van der Waals surface area contributed by atoms with E-state index in [2.05, 4.69) is 5.32 Å². The van der Waals surface area contributed by atoms with Crippen LogP contribution in [0.3, 0.4) is 0 Å². The van der Waals surface area contributed by atoms with Gasteiger partial charge in [0.2, 0.25) is 5.91 Å². The fraction of sp³-hybridized carbons (Fsp3) is 0.800. The van der Waals surface area contributed by atoms with Crippen molar-refractivity contribution in [3.63, 3.8) is 0 Å². The maximum absolute atomic E-state index is 12.1. The second-order valence-electron chi connectivity index (χ2n) is 5.80. The minimum atomic E-state index is -0.379. The molecule has 0 aromatic carbocycles. The van der Waals surface area contributed by atoms with E-state index < -0.39 is 0 Å². The van der Waals surface area contributed by atoms with Crippen molar-refractivity contribution in [3.05, 3.63) is 0 Å². The van der Waals surface area contributed by atoms with E-state index in [0.29, 0.717) is 19.4 Å². The fourth-order valence-corrected chi connectivity index (χ4v) is 2.77. The number of amides is 2. The SMILES string of the molecule is O=C1CC[C@H](C(=O)OCC(=O)N2CCCCCCC2)CN1. The zero-order chi connectivity index (χ0) is 15.1. The Kier molecular flexibility index (Phi) is 6.02. The summed E-state index contributed by atoms with van der Waals surface area (Å²) >= 11 is 0. The minimum Gasteiger partial charge on any atom is -0.455 e. The maximum Gasteiger partial charge on any atom is 0.311 e. The molecule has 1 atom stereocenters. The molecule has 2 amide bonds. The molecule has 2 aliphatic heterocycles. The number of piperidine rings is 1. The predicted molar refractivity (Wildman–Crippen MR) is 76.4 cm³/mol. The molecular weight excluding hydrogens is 272 g/mol. The van der Waals surface area contributed by atoms with Gasteiger partial charge in [-0.2, -0.15) is 0 Å². The van der Waals surface area contributed by atoms with Crippen molar-refractivity contribution in [1.29, 1.82) is 0 Å². The molecule has 0 bridgehead atoms. The van der Waals surface area contributed by atoms with Gasteiger partial charge in [0, 0.05) is 26.1 Å². The summed E-state index contributed by atoms with van der Waals surface area (Å²) < 4.78 is 5.12. The Bertz CT molecular complexity index is 379. The van der Waals surface area contributed by atoms with Crippen LogP contribution in [0, 0.1) is 5.92 Å². The van der Waals surface area contributed by atoms with Gasteiger partial charge < -0.3 is 15.0 Å². The lowest BCUT2D eigenvalue weighted by molar-refractivity contribution is -0.156. The van der Waals surface area contributed by atoms with Crippen molar-refractivity contribution >= 4 is 17.8 Å². The third kappa shape index (κ3) is 5.02. The molecule has 0 spiro atoms. The number of carbonyl (C=O) groups is 3. The van der Waals surface area contributed by atoms with E-state index >= 15 is 0 Å². The van der Waals surface area contributed by atoms with E-state index in [1.165, 1.54) is 6.42 Å². The number of nitrogens with zero attached hydrogens (tertiary/aromatic N) is 1. The minimum absolute atomic E-state index is 0.0317. The smallest absolute Gasteiger partial charge is 0.311 e. The van der Waals surface area contributed by atoms with Crippen molar-refractivity contribution in [3.8, 4) is 0 Å². The summed E-state index contributed by atoms with van der Waals surface area (Å²) in [5.74, 6) is -0.834. The molecule has 118 valence electrons. The van der Waals surface area contributed by atoms with Crippen LogP contribution in [0.25, 0.3) is 0 Å². The molecule has 0 saturated carbocycles. The average molecular weight is 296 g/mol. The van der Waals surface area contributed by atoms with E-state index in [9.17, 15) is 14.4 Å². The largest absolute Gasteiger partial charge is 0.455 e. The third-order valence-electron chi connectivity index (χ3n) is 4.15. The highest BCUT2D eigenvalue weighted by molar-refractivity contribution is 5.83. The molecule has 2 fully saturated rings. The van der Waals surface area contributed by atoms with E-state index in [-0.39, 0.29) is 30.3 Å². The van der Waals surface area contributed by atoms with Crippen molar-refractivity contribution in [1.82, 2.24) is 10.2 Å². The number of hydrogen-bond donors (Lipinski definition) is 1. The molecule has 6 nitrogen and oxygen atoms in total. The van der Waals surface area contributed by atoms with Crippen molar-refractivity contribution in [2.75, 3.05) is 26.2 Å². The molecule has 6 heteroatoms. The van der Waals surface area contributed by atoms with E-state index in [0.717, 1.165) is 38.8 Å². The van der Waals surface area contributed by atoms with Crippen LogP contribution < -0.4 is 5.32 Å². The molecule has 21 heavy (non-hydrogen) atoms. The second-order valence-corrected chi connectivity index (χ2v) is 5.80. The molecule has 0 radical (unpaired) electrons. The van der Waals surface area contributed by atoms with Gasteiger partial charge in [0.25, 0.3) is 5.91 Å². The van der Waals surface area contributed by atoms with Crippen LogP contribution in [-0.2, 0) is 19.1 Å². The molecule has 2 saturated heterocycles. The Labute approximate surface area is 125 Å². The van der Waals surface area contributed by atoms with Gasteiger partial charge in [0.05, 0.1) is 5.92 Å². The Balaban J connectivity index is 1.72. The summed E-state index contributed by atoms with van der Waals surface area (Å²) in [4.78, 5) is 36.8. The van der Waals surface area contributed by atoms with Crippen LogP contribution in [0.5, 0.6) is 0 Å². The molecule has 2 rings (SSSR count). The Morgan fingerprint density at radius 3 is 2.43 bits per heavy atom. The number of rotatable bonds is 3. The number of esters is 1. The first-order valence-corrected chi connectivity index (χ1v) is 7.88. The lowest BCUT2D eigenvalue weighted by Crippen LogP contribution is -2.41. The first-order valence-electron chi connectivity index (χ1n) is 7.88. The summed E-state index contributed by atoms with van der Waals surface area (Å²) in [6.07, 6.45) is 6.45.